The van der Waals surface area contributed by atoms with Gasteiger partial charge in [-0.25, -0.2) is 4.98 Å². The molecule has 3 N–H and O–H groups in total. The Hall–Kier alpha value is -2.11. The van der Waals surface area contributed by atoms with Gasteiger partial charge in [0.15, 0.2) is 0 Å². The van der Waals surface area contributed by atoms with Crippen molar-refractivity contribution in [3.05, 3.63) is 23.4 Å². The predicted molar refractivity (Wildman–Crippen MR) is 72.5 cm³/mol. The number of nitrogens with zero attached hydrogens (tertiary/aromatic N) is 2. The monoisotopic (exact) mass is 275 g/mol. The fourth-order valence-corrected chi connectivity index (χ4v) is 3.52. The molecule has 2 bridgehead atoms. The van der Waals surface area contributed by atoms with Crippen LogP contribution < -0.4 is 10.6 Å². The summed E-state index contributed by atoms with van der Waals surface area (Å²) in [4.78, 5) is 29.3. The zero-order valence-corrected chi connectivity index (χ0v) is 11.2. The van der Waals surface area contributed by atoms with Gasteiger partial charge in [0.1, 0.15) is 5.82 Å². The number of primary amides is 1. The third-order valence-electron chi connectivity index (χ3n) is 4.38. The summed E-state index contributed by atoms with van der Waals surface area (Å²) in [5.74, 6) is -1.12. The van der Waals surface area contributed by atoms with Crippen molar-refractivity contribution >= 4 is 17.7 Å². The summed E-state index contributed by atoms with van der Waals surface area (Å²) in [5.41, 5.74) is 6.58. The van der Waals surface area contributed by atoms with Crippen molar-refractivity contribution in [3.63, 3.8) is 0 Å². The summed E-state index contributed by atoms with van der Waals surface area (Å²) >= 11 is 0. The zero-order valence-electron chi connectivity index (χ0n) is 11.2. The molecule has 0 saturated carbocycles. The summed E-state index contributed by atoms with van der Waals surface area (Å²) < 4.78 is 0. The van der Waals surface area contributed by atoms with E-state index in [2.05, 4.69) is 4.98 Å². The molecule has 2 fully saturated rings. The molecule has 1 aromatic rings. The lowest BCUT2D eigenvalue weighted by Crippen LogP contribution is -2.35. The highest BCUT2D eigenvalue weighted by Crippen LogP contribution is 2.44. The Morgan fingerprint density at radius 2 is 2.15 bits per heavy atom. The van der Waals surface area contributed by atoms with Crippen LogP contribution in [-0.4, -0.2) is 34.1 Å². The fourth-order valence-electron chi connectivity index (χ4n) is 3.52. The predicted octanol–water partition coefficient (Wildman–Crippen LogP) is 0.931. The number of fused-ring (bicyclic) bond motifs is 2. The van der Waals surface area contributed by atoms with Crippen LogP contribution in [0.1, 0.15) is 35.3 Å². The van der Waals surface area contributed by atoms with E-state index in [1.165, 1.54) is 0 Å². The van der Waals surface area contributed by atoms with Crippen LogP contribution in [0, 0.1) is 12.8 Å². The molecule has 1 amide bonds. The van der Waals surface area contributed by atoms with Gasteiger partial charge >= 0.3 is 5.97 Å². The Labute approximate surface area is 116 Å². The molecule has 6 nitrogen and oxygen atoms in total. The van der Waals surface area contributed by atoms with E-state index in [-0.39, 0.29) is 18.0 Å². The summed E-state index contributed by atoms with van der Waals surface area (Å²) in [7, 11) is 0. The van der Waals surface area contributed by atoms with Gasteiger partial charge in [0.25, 0.3) is 5.91 Å². The molecule has 3 atom stereocenters. The molecule has 0 radical (unpaired) electrons. The van der Waals surface area contributed by atoms with E-state index in [4.69, 9.17) is 5.73 Å². The molecule has 20 heavy (non-hydrogen) atoms. The molecule has 2 aliphatic heterocycles. The number of anilines is 1. The van der Waals surface area contributed by atoms with Crippen molar-refractivity contribution in [2.75, 3.05) is 4.90 Å². The Morgan fingerprint density at radius 3 is 2.75 bits per heavy atom. The van der Waals surface area contributed by atoms with E-state index in [0.717, 1.165) is 18.5 Å². The third-order valence-corrected chi connectivity index (χ3v) is 4.38. The highest BCUT2D eigenvalue weighted by atomic mass is 16.4. The Balaban J connectivity index is 2.04. The first kappa shape index (κ1) is 12.9. The van der Waals surface area contributed by atoms with Crippen molar-refractivity contribution in [1.82, 2.24) is 4.98 Å². The average Bonchev–Trinajstić information content (AvgIpc) is 2.95. The maximum atomic E-state index is 11.6. The Kier molecular flexibility index (Phi) is 2.88. The molecular weight excluding hydrogens is 258 g/mol. The number of amides is 1. The minimum atomic E-state index is -0.768. The van der Waals surface area contributed by atoms with Gasteiger partial charge in [-0.15, -0.1) is 0 Å². The van der Waals surface area contributed by atoms with Crippen LogP contribution in [0.3, 0.4) is 0 Å². The van der Waals surface area contributed by atoms with Crippen molar-refractivity contribution in [1.29, 1.82) is 0 Å². The van der Waals surface area contributed by atoms with Gasteiger partial charge < -0.3 is 15.7 Å². The standard InChI is InChI=1S/C14H17N3O3/c1-7-2-4-9(12(15)18)13(16-7)17-8-3-5-11(17)10(6-8)14(19)20/h2,4,8,10-11H,3,5-6H2,1H3,(H2,15,18)(H,19,20). The number of aryl methyl sites for hydroxylation is 1. The van der Waals surface area contributed by atoms with E-state index in [1.807, 2.05) is 11.8 Å². The molecular formula is C14H17N3O3. The molecule has 1 aromatic heterocycles. The molecule has 3 heterocycles. The average molecular weight is 275 g/mol. The number of carbonyl (C=O) groups excluding carboxylic acids is 1. The van der Waals surface area contributed by atoms with Crippen molar-refractivity contribution in [2.45, 2.75) is 38.3 Å². The molecule has 2 aliphatic rings. The minimum Gasteiger partial charge on any atom is -0.481 e. The third kappa shape index (κ3) is 1.83. The molecule has 3 unspecified atom stereocenters. The van der Waals surface area contributed by atoms with E-state index in [0.29, 0.717) is 17.8 Å². The Bertz CT molecular complexity index is 587. The van der Waals surface area contributed by atoms with Crippen LogP contribution in [-0.2, 0) is 4.79 Å². The topological polar surface area (TPSA) is 96.5 Å². The normalized spacial score (nSPS) is 27.9. The van der Waals surface area contributed by atoms with E-state index in [9.17, 15) is 14.7 Å². The number of hydrogen-bond donors (Lipinski definition) is 2. The first-order chi connectivity index (χ1) is 9.49. The largest absolute Gasteiger partial charge is 0.481 e. The molecule has 2 saturated heterocycles. The van der Waals surface area contributed by atoms with E-state index < -0.39 is 11.9 Å². The molecule has 0 aromatic carbocycles. The smallest absolute Gasteiger partial charge is 0.308 e. The quantitative estimate of drug-likeness (QED) is 0.855. The maximum absolute atomic E-state index is 11.6. The number of rotatable bonds is 3. The van der Waals surface area contributed by atoms with Crippen molar-refractivity contribution < 1.29 is 14.7 Å². The van der Waals surface area contributed by atoms with Crippen LogP contribution in [0.15, 0.2) is 12.1 Å². The van der Waals surface area contributed by atoms with Crippen LogP contribution in [0.2, 0.25) is 0 Å². The molecule has 0 aliphatic carbocycles. The number of carbonyl (C=O) groups is 2. The second-order valence-corrected chi connectivity index (χ2v) is 5.57. The number of aromatic nitrogens is 1. The number of aliphatic carboxylic acids is 1. The second kappa shape index (κ2) is 4.47. The van der Waals surface area contributed by atoms with E-state index in [1.54, 1.807) is 12.1 Å². The van der Waals surface area contributed by atoms with Crippen LogP contribution in [0.25, 0.3) is 0 Å². The lowest BCUT2D eigenvalue weighted by atomic mass is 9.89. The highest BCUT2D eigenvalue weighted by Gasteiger charge is 2.50. The highest BCUT2D eigenvalue weighted by molar-refractivity contribution is 5.98. The molecule has 6 heteroatoms. The summed E-state index contributed by atoms with van der Waals surface area (Å²) in [6, 6.07) is 3.49. The van der Waals surface area contributed by atoms with Gasteiger partial charge in [-0.05, 0) is 38.3 Å². The van der Waals surface area contributed by atoms with Gasteiger partial charge in [0.05, 0.1) is 11.5 Å². The van der Waals surface area contributed by atoms with E-state index >= 15 is 0 Å². The van der Waals surface area contributed by atoms with Gasteiger partial charge in [0.2, 0.25) is 0 Å². The zero-order chi connectivity index (χ0) is 14.4. The van der Waals surface area contributed by atoms with Crippen LogP contribution >= 0.6 is 0 Å². The lowest BCUT2D eigenvalue weighted by molar-refractivity contribution is -0.142. The second-order valence-electron chi connectivity index (χ2n) is 5.57. The summed E-state index contributed by atoms with van der Waals surface area (Å²) in [5, 5.41) is 9.29. The van der Waals surface area contributed by atoms with Crippen LogP contribution in [0.5, 0.6) is 0 Å². The molecule has 3 rings (SSSR count). The fraction of sp³-hybridized carbons (Fsp3) is 0.500. The van der Waals surface area contributed by atoms with Gasteiger partial charge in [-0.3, -0.25) is 9.59 Å². The number of nitrogens with two attached hydrogens (primary N) is 1. The maximum Gasteiger partial charge on any atom is 0.308 e. The minimum absolute atomic E-state index is 0.0788. The van der Waals surface area contributed by atoms with Crippen molar-refractivity contribution in [3.8, 4) is 0 Å². The SMILES string of the molecule is Cc1ccc(C(N)=O)c(N2C3CCC2C(C(=O)O)C3)n1. The van der Waals surface area contributed by atoms with Crippen LogP contribution in [0.4, 0.5) is 5.82 Å². The number of pyridine rings is 1. The van der Waals surface area contributed by atoms with Gasteiger partial charge in [0, 0.05) is 17.8 Å². The number of carboxylic acid groups (broad SMARTS) is 1. The lowest BCUT2D eigenvalue weighted by Gasteiger charge is -2.26. The summed E-state index contributed by atoms with van der Waals surface area (Å²) in [6.07, 6.45) is 2.39. The first-order valence-electron chi connectivity index (χ1n) is 6.77. The Morgan fingerprint density at radius 1 is 1.40 bits per heavy atom. The number of carboxylic acids is 1. The number of hydrogen-bond acceptors (Lipinski definition) is 4. The van der Waals surface area contributed by atoms with Crippen molar-refractivity contribution in [2.24, 2.45) is 11.7 Å². The first-order valence-corrected chi connectivity index (χ1v) is 6.77. The molecule has 106 valence electrons. The summed E-state index contributed by atoms with van der Waals surface area (Å²) in [6.45, 7) is 1.85. The van der Waals surface area contributed by atoms with Gasteiger partial charge in [-0.2, -0.15) is 0 Å². The molecule has 0 spiro atoms. The van der Waals surface area contributed by atoms with Gasteiger partial charge in [-0.1, -0.05) is 0 Å².